The average Bonchev–Trinajstić information content (AvgIpc) is 2.66. The van der Waals surface area contributed by atoms with Gasteiger partial charge in [0.1, 0.15) is 11.6 Å². The molecule has 0 heterocycles. The first kappa shape index (κ1) is 18.9. The Morgan fingerprint density at radius 1 is 1.12 bits per heavy atom. The van der Waals surface area contributed by atoms with Crippen LogP contribution in [0, 0.1) is 11.3 Å². The fraction of sp³-hybridized carbons (Fsp3) is 0.158. The number of rotatable bonds is 7. The highest BCUT2D eigenvalue weighted by Crippen LogP contribution is 2.40. The predicted molar refractivity (Wildman–Crippen MR) is 90.5 cm³/mol. The summed E-state index contributed by atoms with van der Waals surface area (Å²) in [6.45, 7) is -3.06. The first-order chi connectivity index (χ1) is 12.5. The zero-order valence-electron chi connectivity index (χ0n) is 14.0. The molecule has 2 aromatic rings. The minimum absolute atomic E-state index is 0.0136. The molecule has 0 saturated heterocycles. The number of halogens is 2. The minimum Gasteiger partial charge on any atom is -0.493 e. The van der Waals surface area contributed by atoms with Crippen LogP contribution in [0.15, 0.2) is 48.0 Å². The molecule has 0 aliphatic carbocycles. The molecule has 0 spiro atoms. The summed E-state index contributed by atoms with van der Waals surface area (Å²) in [5.74, 6) is -0.755. The van der Waals surface area contributed by atoms with Gasteiger partial charge in [0.15, 0.2) is 11.5 Å². The molecule has 26 heavy (non-hydrogen) atoms. The zero-order valence-corrected chi connectivity index (χ0v) is 14.0. The molecule has 0 fully saturated rings. The topological polar surface area (TPSA) is 68.5 Å². The summed E-state index contributed by atoms with van der Waals surface area (Å²) in [4.78, 5) is 12.4. The Morgan fingerprint density at radius 3 is 2.15 bits per heavy atom. The largest absolute Gasteiger partial charge is 0.493 e. The average molecular weight is 359 g/mol. The first-order valence-corrected chi connectivity index (χ1v) is 7.42. The molecular weight excluding hydrogens is 344 g/mol. The third-order valence-corrected chi connectivity index (χ3v) is 3.40. The second-order valence-electron chi connectivity index (χ2n) is 5.00. The van der Waals surface area contributed by atoms with Crippen LogP contribution < -0.4 is 14.2 Å². The highest BCUT2D eigenvalue weighted by atomic mass is 19.3. The van der Waals surface area contributed by atoms with Gasteiger partial charge in [-0.1, -0.05) is 30.3 Å². The van der Waals surface area contributed by atoms with Crippen LogP contribution in [0.25, 0.3) is 6.08 Å². The predicted octanol–water partition coefficient (Wildman–Crippen LogP) is 4.10. The number of nitriles is 1. The van der Waals surface area contributed by atoms with E-state index in [1.807, 2.05) is 6.07 Å². The van der Waals surface area contributed by atoms with Gasteiger partial charge in [-0.2, -0.15) is 14.0 Å². The summed E-state index contributed by atoms with van der Waals surface area (Å²) in [6, 6.07) is 12.9. The second kappa shape index (κ2) is 8.62. The molecule has 5 nitrogen and oxygen atoms in total. The van der Waals surface area contributed by atoms with Crippen molar-refractivity contribution >= 4 is 11.9 Å². The third kappa shape index (κ3) is 4.36. The van der Waals surface area contributed by atoms with Crippen LogP contribution in [-0.2, 0) is 0 Å². The summed E-state index contributed by atoms with van der Waals surface area (Å²) in [6.07, 6.45) is 1.33. The van der Waals surface area contributed by atoms with Crippen molar-refractivity contribution in [2.45, 2.75) is 6.61 Å². The summed E-state index contributed by atoms with van der Waals surface area (Å²) >= 11 is 0. The van der Waals surface area contributed by atoms with Gasteiger partial charge in [-0.05, 0) is 23.8 Å². The van der Waals surface area contributed by atoms with Gasteiger partial charge in [0.05, 0.1) is 14.2 Å². The molecule has 7 heteroatoms. The van der Waals surface area contributed by atoms with E-state index in [9.17, 15) is 18.8 Å². The number of nitrogens with zero attached hydrogens (tertiary/aromatic N) is 1. The van der Waals surface area contributed by atoms with Gasteiger partial charge in [-0.15, -0.1) is 0 Å². The van der Waals surface area contributed by atoms with Gasteiger partial charge in [-0.25, -0.2) is 0 Å². The van der Waals surface area contributed by atoms with Crippen molar-refractivity contribution in [3.63, 3.8) is 0 Å². The van der Waals surface area contributed by atoms with E-state index < -0.39 is 12.4 Å². The number of ketones is 1. The van der Waals surface area contributed by atoms with Crippen molar-refractivity contribution in [3.8, 4) is 23.3 Å². The lowest BCUT2D eigenvalue weighted by atomic mass is 10.0. The summed E-state index contributed by atoms with van der Waals surface area (Å²) in [7, 11) is 2.56. The number of methoxy groups -OCH3 is 2. The fourth-order valence-electron chi connectivity index (χ4n) is 2.25. The van der Waals surface area contributed by atoms with Crippen LogP contribution in [0.3, 0.4) is 0 Å². The Labute approximate surface area is 149 Å². The summed E-state index contributed by atoms with van der Waals surface area (Å²) in [5.41, 5.74) is 0.598. The van der Waals surface area contributed by atoms with Gasteiger partial charge in [0, 0.05) is 5.56 Å². The van der Waals surface area contributed by atoms with Gasteiger partial charge in [0.25, 0.3) is 0 Å². The van der Waals surface area contributed by atoms with Crippen LogP contribution in [0.2, 0.25) is 0 Å². The molecule has 0 aliphatic rings. The number of carbonyl (C=O) groups excluding carboxylic acids is 1. The van der Waals surface area contributed by atoms with Gasteiger partial charge >= 0.3 is 6.61 Å². The molecule has 0 aromatic heterocycles. The number of carbonyl (C=O) groups is 1. The Hall–Kier alpha value is -3.40. The van der Waals surface area contributed by atoms with Crippen LogP contribution >= 0.6 is 0 Å². The molecule has 0 amide bonds. The van der Waals surface area contributed by atoms with Crippen LogP contribution in [0.1, 0.15) is 15.9 Å². The van der Waals surface area contributed by atoms with Gasteiger partial charge in [0.2, 0.25) is 11.5 Å². The lowest BCUT2D eigenvalue weighted by Crippen LogP contribution is -2.06. The van der Waals surface area contributed by atoms with Crippen molar-refractivity contribution in [1.82, 2.24) is 0 Å². The number of benzene rings is 2. The van der Waals surface area contributed by atoms with Gasteiger partial charge < -0.3 is 14.2 Å². The number of allylic oxidation sites excluding steroid dienone is 1. The van der Waals surface area contributed by atoms with Crippen molar-refractivity contribution in [2.24, 2.45) is 0 Å². The molecule has 0 atom stereocenters. The maximum atomic E-state index is 12.6. The second-order valence-corrected chi connectivity index (χ2v) is 5.00. The Balaban J connectivity index is 2.48. The fourth-order valence-corrected chi connectivity index (χ4v) is 2.25. The van der Waals surface area contributed by atoms with Gasteiger partial charge in [-0.3, -0.25) is 4.79 Å². The highest BCUT2D eigenvalue weighted by Gasteiger charge is 2.19. The van der Waals surface area contributed by atoms with E-state index in [4.69, 9.17) is 9.47 Å². The Bertz CT molecular complexity index is 833. The molecule has 0 aliphatic heterocycles. The molecule has 0 unspecified atom stereocenters. The molecule has 134 valence electrons. The number of hydrogen-bond acceptors (Lipinski definition) is 5. The third-order valence-electron chi connectivity index (χ3n) is 3.40. The summed E-state index contributed by atoms with van der Waals surface area (Å²) in [5, 5.41) is 9.32. The maximum Gasteiger partial charge on any atom is 0.387 e. The van der Waals surface area contributed by atoms with Crippen LogP contribution in [-0.4, -0.2) is 26.6 Å². The van der Waals surface area contributed by atoms with Crippen molar-refractivity contribution in [2.75, 3.05) is 14.2 Å². The smallest absolute Gasteiger partial charge is 0.387 e. The minimum atomic E-state index is -3.06. The lowest BCUT2D eigenvalue weighted by Gasteiger charge is -2.14. The van der Waals surface area contributed by atoms with E-state index >= 15 is 0 Å². The van der Waals surface area contributed by atoms with E-state index in [2.05, 4.69) is 4.74 Å². The monoisotopic (exact) mass is 359 g/mol. The lowest BCUT2D eigenvalue weighted by molar-refractivity contribution is -0.0526. The Kier molecular flexibility index (Phi) is 6.28. The molecule has 2 aromatic carbocycles. The van der Waals surface area contributed by atoms with E-state index in [0.717, 1.165) is 0 Å². The van der Waals surface area contributed by atoms with Crippen molar-refractivity contribution in [1.29, 1.82) is 5.26 Å². The summed E-state index contributed by atoms with van der Waals surface area (Å²) < 4.78 is 39.7. The zero-order chi connectivity index (χ0) is 19.1. The standard InChI is InChI=1S/C19H15F2NO4/c1-24-15-9-12(10-16(25-2)18(15)26-19(20)21)8-14(11-22)17(23)13-6-4-3-5-7-13/h3-10,19H,1-2H3/b14-8+. The highest BCUT2D eigenvalue weighted by molar-refractivity contribution is 6.14. The Morgan fingerprint density at radius 2 is 1.69 bits per heavy atom. The molecule has 0 N–H and O–H groups in total. The van der Waals surface area contributed by atoms with Crippen molar-refractivity contribution < 1.29 is 27.8 Å². The molecular formula is C19H15F2NO4. The van der Waals surface area contributed by atoms with E-state index in [0.29, 0.717) is 11.1 Å². The number of hydrogen-bond donors (Lipinski definition) is 0. The SMILES string of the molecule is COc1cc(/C=C(\C#N)C(=O)c2ccccc2)cc(OC)c1OC(F)F. The molecule has 0 saturated carbocycles. The van der Waals surface area contributed by atoms with Crippen molar-refractivity contribution in [3.05, 3.63) is 59.2 Å². The van der Waals surface area contributed by atoms with E-state index in [-0.39, 0.29) is 22.8 Å². The maximum absolute atomic E-state index is 12.6. The van der Waals surface area contributed by atoms with E-state index in [1.54, 1.807) is 30.3 Å². The molecule has 2 rings (SSSR count). The quantitative estimate of drug-likeness (QED) is 0.423. The van der Waals surface area contributed by atoms with Crippen LogP contribution in [0.4, 0.5) is 8.78 Å². The number of ether oxygens (including phenoxy) is 3. The molecule has 0 bridgehead atoms. The first-order valence-electron chi connectivity index (χ1n) is 7.42. The van der Waals surface area contributed by atoms with E-state index in [1.165, 1.54) is 32.4 Å². The number of Topliss-reactive ketones (excluding diaryl/α,β-unsaturated/α-hetero) is 1. The molecule has 0 radical (unpaired) electrons. The normalized spacial score (nSPS) is 11.0. The van der Waals surface area contributed by atoms with Crippen LogP contribution in [0.5, 0.6) is 17.2 Å². The number of alkyl halides is 2.